The molecule has 0 aliphatic heterocycles. The summed E-state index contributed by atoms with van der Waals surface area (Å²) in [5.74, 6) is 0.334. The van der Waals surface area contributed by atoms with Crippen LogP contribution < -0.4 is 0 Å². The summed E-state index contributed by atoms with van der Waals surface area (Å²) in [5.41, 5.74) is 0. The molecule has 1 aromatic heterocycles. The van der Waals surface area contributed by atoms with Gasteiger partial charge in [-0.25, -0.2) is 0 Å². The Labute approximate surface area is 88.8 Å². The highest BCUT2D eigenvalue weighted by atomic mass is 79.9. The lowest BCUT2D eigenvalue weighted by Crippen LogP contribution is -2.17. The molecule has 1 N–H and O–H groups in total. The molecule has 1 atom stereocenters. The molecule has 1 aromatic rings. The van der Waals surface area contributed by atoms with Crippen molar-refractivity contribution < 1.29 is 10.0 Å². The Morgan fingerprint density at radius 2 is 2.50 bits per heavy atom. The van der Waals surface area contributed by atoms with Crippen molar-refractivity contribution in [3.8, 4) is 0 Å². The lowest BCUT2D eigenvalue weighted by molar-refractivity contribution is -0.389. The van der Waals surface area contributed by atoms with E-state index in [-0.39, 0.29) is 5.82 Å². The quantitative estimate of drug-likeness (QED) is 0.496. The topological polar surface area (TPSA) is 81.2 Å². The minimum Gasteiger partial charge on any atom is -0.390 e. The fourth-order valence-corrected chi connectivity index (χ4v) is 1.25. The minimum atomic E-state index is -0.567. The molecule has 7 heteroatoms. The largest absolute Gasteiger partial charge is 0.390 e. The van der Waals surface area contributed by atoms with Gasteiger partial charge < -0.3 is 19.8 Å². The van der Waals surface area contributed by atoms with Gasteiger partial charge in [-0.1, -0.05) is 15.9 Å². The SMILES string of the molecule is Cc1nc([N+](=O)[O-])cn1CC(O)CBr. The summed E-state index contributed by atoms with van der Waals surface area (Å²) in [6.45, 7) is 1.96. The molecule has 1 unspecified atom stereocenters. The Balaban J connectivity index is 2.82. The Morgan fingerprint density at radius 3 is 2.93 bits per heavy atom. The third-order valence-electron chi connectivity index (χ3n) is 1.74. The van der Waals surface area contributed by atoms with Crippen molar-refractivity contribution in [1.82, 2.24) is 9.55 Å². The molecule has 1 heterocycles. The second-order valence-electron chi connectivity index (χ2n) is 2.86. The summed E-state index contributed by atoms with van der Waals surface area (Å²) in [6.07, 6.45) is 0.754. The molecule has 0 aromatic carbocycles. The normalized spacial score (nSPS) is 12.8. The summed E-state index contributed by atoms with van der Waals surface area (Å²) < 4.78 is 1.56. The van der Waals surface area contributed by atoms with Crippen LogP contribution in [0.5, 0.6) is 0 Å². The second-order valence-corrected chi connectivity index (χ2v) is 3.51. The first-order valence-electron chi connectivity index (χ1n) is 3.96. The Hall–Kier alpha value is -0.950. The van der Waals surface area contributed by atoms with Gasteiger partial charge >= 0.3 is 5.82 Å². The molecular formula is C7H10BrN3O3. The van der Waals surface area contributed by atoms with Gasteiger partial charge in [0.2, 0.25) is 5.82 Å². The average molecular weight is 264 g/mol. The summed E-state index contributed by atoms with van der Waals surface area (Å²) in [5, 5.41) is 20.1. The highest BCUT2D eigenvalue weighted by Gasteiger charge is 2.16. The molecule has 6 nitrogen and oxygen atoms in total. The van der Waals surface area contributed by atoms with E-state index < -0.39 is 11.0 Å². The third-order valence-corrected chi connectivity index (χ3v) is 2.48. The molecule has 14 heavy (non-hydrogen) atoms. The van der Waals surface area contributed by atoms with E-state index in [1.807, 2.05) is 0 Å². The minimum absolute atomic E-state index is 0.190. The number of nitro groups is 1. The van der Waals surface area contributed by atoms with Gasteiger partial charge in [-0.15, -0.1) is 0 Å². The van der Waals surface area contributed by atoms with Gasteiger partial charge in [0, 0.05) is 12.3 Å². The van der Waals surface area contributed by atoms with E-state index in [1.165, 1.54) is 6.20 Å². The monoisotopic (exact) mass is 263 g/mol. The van der Waals surface area contributed by atoms with Crippen molar-refractivity contribution in [3.63, 3.8) is 0 Å². The van der Waals surface area contributed by atoms with Crippen molar-refractivity contribution in [2.24, 2.45) is 0 Å². The Morgan fingerprint density at radius 1 is 1.86 bits per heavy atom. The van der Waals surface area contributed by atoms with Crippen molar-refractivity contribution >= 4 is 21.7 Å². The maximum atomic E-state index is 10.4. The zero-order valence-corrected chi connectivity index (χ0v) is 9.14. The Kier molecular flexibility index (Phi) is 3.59. The number of imidazole rings is 1. The fourth-order valence-electron chi connectivity index (χ4n) is 1.04. The molecule has 0 radical (unpaired) electrons. The van der Waals surface area contributed by atoms with Crippen molar-refractivity contribution in [2.45, 2.75) is 19.6 Å². The van der Waals surface area contributed by atoms with E-state index >= 15 is 0 Å². The first-order chi connectivity index (χ1) is 6.54. The van der Waals surface area contributed by atoms with Crippen LogP contribution in [0, 0.1) is 17.0 Å². The van der Waals surface area contributed by atoms with Crippen LogP contribution in [-0.2, 0) is 6.54 Å². The van der Waals surface area contributed by atoms with Crippen LogP contribution in [0.25, 0.3) is 0 Å². The fraction of sp³-hybridized carbons (Fsp3) is 0.571. The first-order valence-corrected chi connectivity index (χ1v) is 5.09. The van der Waals surface area contributed by atoms with Crippen molar-refractivity contribution in [1.29, 1.82) is 0 Å². The van der Waals surface area contributed by atoms with Crippen LogP contribution >= 0.6 is 15.9 Å². The maximum absolute atomic E-state index is 10.4. The predicted octanol–water partition coefficient (Wildman–Crippen LogP) is 0.856. The molecule has 0 spiro atoms. The van der Waals surface area contributed by atoms with Crippen LogP contribution in [0.1, 0.15) is 5.82 Å². The number of aryl methyl sites for hydroxylation is 1. The van der Waals surface area contributed by atoms with E-state index in [2.05, 4.69) is 20.9 Å². The summed E-state index contributed by atoms with van der Waals surface area (Å²) in [7, 11) is 0. The summed E-state index contributed by atoms with van der Waals surface area (Å²) in [4.78, 5) is 13.6. The second kappa shape index (κ2) is 4.52. The zero-order valence-electron chi connectivity index (χ0n) is 7.55. The van der Waals surface area contributed by atoms with Crippen LogP contribution in [0.2, 0.25) is 0 Å². The number of halogens is 1. The van der Waals surface area contributed by atoms with Crippen LogP contribution in [-0.4, -0.2) is 31.0 Å². The van der Waals surface area contributed by atoms with Crippen molar-refractivity contribution in [2.75, 3.05) is 5.33 Å². The van der Waals surface area contributed by atoms with Gasteiger partial charge in [0.25, 0.3) is 0 Å². The number of alkyl halides is 1. The molecule has 0 fully saturated rings. The van der Waals surface area contributed by atoms with Gasteiger partial charge in [-0.3, -0.25) is 0 Å². The number of hydrogen-bond acceptors (Lipinski definition) is 4. The number of nitrogens with zero attached hydrogens (tertiary/aromatic N) is 3. The maximum Gasteiger partial charge on any atom is 0.381 e. The number of aliphatic hydroxyl groups excluding tert-OH is 1. The number of aromatic nitrogens is 2. The summed E-state index contributed by atoms with van der Waals surface area (Å²) >= 11 is 3.11. The molecule has 78 valence electrons. The number of hydrogen-bond donors (Lipinski definition) is 1. The lowest BCUT2D eigenvalue weighted by atomic mass is 10.4. The molecule has 1 rings (SSSR count). The van der Waals surface area contributed by atoms with Gasteiger partial charge in [-0.05, 0) is 9.91 Å². The highest BCUT2D eigenvalue weighted by Crippen LogP contribution is 2.11. The summed E-state index contributed by atoms with van der Waals surface area (Å²) in [6, 6.07) is 0. The lowest BCUT2D eigenvalue weighted by Gasteiger charge is -2.06. The molecule has 0 bridgehead atoms. The van der Waals surface area contributed by atoms with Crippen LogP contribution in [0.3, 0.4) is 0 Å². The van der Waals surface area contributed by atoms with E-state index in [9.17, 15) is 15.2 Å². The molecule has 0 saturated carbocycles. The predicted molar refractivity (Wildman–Crippen MR) is 53.4 cm³/mol. The van der Waals surface area contributed by atoms with E-state index in [1.54, 1.807) is 11.5 Å². The highest BCUT2D eigenvalue weighted by molar-refractivity contribution is 9.09. The van der Waals surface area contributed by atoms with E-state index in [0.29, 0.717) is 17.7 Å². The third kappa shape index (κ3) is 2.52. The van der Waals surface area contributed by atoms with Crippen LogP contribution in [0.15, 0.2) is 6.20 Å². The molecule has 0 saturated heterocycles. The van der Waals surface area contributed by atoms with Gasteiger partial charge in [0.05, 0.1) is 12.6 Å². The van der Waals surface area contributed by atoms with E-state index in [4.69, 9.17) is 0 Å². The van der Waals surface area contributed by atoms with Gasteiger partial charge in [0.15, 0.2) is 0 Å². The first kappa shape index (κ1) is 11.1. The molecule has 0 aliphatic carbocycles. The standard InChI is InChI=1S/C7H10BrN3O3/c1-5-9-7(11(13)14)4-10(5)3-6(12)2-8/h4,6,12H,2-3H2,1H3. The smallest absolute Gasteiger partial charge is 0.381 e. The van der Waals surface area contributed by atoms with Gasteiger partial charge in [-0.2, -0.15) is 0 Å². The van der Waals surface area contributed by atoms with Crippen LogP contribution in [0.4, 0.5) is 5.82 Å². The van der Waals surface area contributed by atoms with E-state index in [0.717, 1.165) is 0 Å². The Bertz CT molecular complexity index is 339. The number of aliphatic hydroxyl groups is 1. The molecular weight excluding hydrogens is 254 g/mol. The van der Waals surface area contributed by atoms with Gasteiger partial charge in [0.1, 0.15) is 6.20 Å². The van der Waals surface area contributed by atoms with Crippen molar-refractivity contribution in [3.05, 3.63) is 22.1 Å². The molecule has 0 amide bonds. The number of rotatable bonds is 4. The molecule has 0 aliphatic rings. The zero-order chi connectivity index (χ0) is 10.7. The average Bonchev–Trinajstić information content (AvgIpc) is 2.48.